The van der Waals surface area contributed by atoms with Crippen LogP contribution in [0.4, 0.5) is 0 Å². The summed E-state index contributed by atoms with van der Waals surface area (Å²) in [4.78, 5) is 15.0. The highest BCUT2D eigenvalue weighted by Gasteiger charge is 2.48. The van der Waals surface area contributed by atoms with Crippen LogP contribution in [-0.2, 0) is 4.79 Å². The summed E-state index contributed by atoms with van der Waals surface area (Å²) in [7, 11) is 0. The molecule has 112 valence electrons. The van der Waals surface area contributed by atoms with E-state index >= 15 is 0 Å². The molecular formula is C17H28N2O. The Hall–Kier alpha value is -0.570. The number of nitrogens with zero attached hydrogens (tertiary/aromatic N) is 1. The third kappa shape index (κ3) is 2.49. The van der Waals surface area contributed by atoms with Crippen molar-refractivity contribution in [3.63, 3.8) is 0 Å². The smallest absolute Gasteiger partial charge is 0.223 e. The summed E-state index contributed by atoms with van der Waals surface area (Å²) in [6.45, 7) is 3.62. The van der Waals surface area contributed by atoms with Crippen molar-refractivity contribution in [1.82, 2.24) is 10.2 Å². The molecule has 0 aromatic carbocycles. The molecule has 2 aliphatic carbocycles. The first kappa shape index (κ1) is 13.1. The molecule has 1 amide bonds. The monoisotopic (exact) mass is 276 g/mol. The summed E-state index contributed by atoms with van der Waals surface area (Å²) in [6.07, 6.45) is 10.7. The van der Waals surface area contributed by atoms with Gasteiger partial charge in [0.25, 0.3) is 0 Å². The van der Waals surface area contributed by atoms with Gasteiger partial charge in [0.05, 0.1) is 0 Å². The van der Waals surface area contributed by atoms with Crippen molar-refractivity contribution in [2.45, 2.75) is 57.4 Å². The number of piperidine rings is 3. The van der Waals surface area contributed by atoms with Gasteiger partial charge in [-0.1, -0.05) is 32.1 Å². The van der Waals surface area contributed by atoms with Gasteiger partial charge in [-0.2, -0.15) is 0 Å². The maximum atomic E-state index is 12.5. The zero-order valence-corrected chi connectivity index (χ0v) is 12.5. The molecule has 5 fully saturated rings. The van der Waals surface area contributed by atoms with E-state index < -0.39 is 0 Å². The van der Waals surface area contributed by atoms with E-state index in [1.54, 1.807) is 0 Å². The number of carbonyl (C=O) groups is 1. The molecule has 1 N–H and O–H groups in total. The van der Waals surface area contributed by atoms with E-state index in [0.29, 0.717) is 17.9 Å². The maximum Gasteiger partial charge on any atom is 0.223 e. The third-order valence-corrected chi connectivity index (χ3v) is 6.42. The van der Waals surface area contributed by atoms with Crippen molar-refractivity contribution in [3.8, 4) is 0 Å². The molecular weight excluding hydrogens is 248 g/mol. The van der Waals surface area contributed by atoms with Gasteiger partial charge in [0, 0.05) is 18.5 Å². The molecule has 3 heteroatoms. The average molecular weight is 276 g/mol. The molecule has 20 heavy (non-hydrogen) atoms. The highest BCUT2D eigenvalue weighted by molar-refractivity contribution is 5.82. The number of hydrogen-bond donors (Lipinski definition) is 1. The van der Waals surface area contributed by atoms with Crippen LogP contribution in [0.15, 0.2) is 0 Å². The Balaban J connectivity index is 1.29. The first-order valence-electron chi connectivity index (χ1n) is 8.84. The summed E-state index contributed by atoms with van der Waals surface area (Å²) in [5, 5.41) is 3.40. The summed E-state index contributed by atoms with van der Waals surface area (Å²) >= 11 is 0. The number of fused-ring (bicyclic) bond motifs is 3. The first-order valence-corrected chi connectivity index (χ1v) is 8.84. The molecule has 3 unspecified atom stereocenters. The van der Waals surface area contributed by atoms with E-state index in [-0.39, 0.29) is 0 Å². The molecule has 0 aromatic rings. The molecule has 5 rings (SSSR count). The largest absolute Gasteiger partial charge is 0.352 e. The summed E-state index contributed by atoms with van der Waals surface area (Å²) in [5.41, 5.74) is 0. The van der Waals surface area contributed by atoms with Gasteiger partial charge in [0.1, 0.15) is 0 Å². The van der Waals surface area contributed by atoms with E-state index in [1.165, 1.54) is 64.5 Å². The molecule has 3 heterocycles. The topological polar surface area (TPSA) is 32.3 Å². The molecule has 3 aliphatic heterocycles. The van der Waals surface area contributed by atoms with E-state index in [0.717, 1.165) is 24.3 Å². The Morgan fingerprint density at radius 1 is 0.950 bits per heavy atom. The third-order valence-electron chi connectivity index (χ3n) is 6.42. The van der Waals surface area contributed by atoms with Crippen molar-refractivity contribution in [2.75, 3.05) is 19.6 Å². The molecule has 3 atom stereocenters. The number of hydrogen-bond acceptors (Lipinski definition) is 2. The Bertz CT molecular complexity index is 369. The van der Waals surface area contributed by atoms with E-state index in [9.17, 15) is 4.79 Å². The fourth-order valence-corrected chi connectivity index (χ4v) is 5.02. The summed E-state index contributed by atoms with van der Waals surface area (Å²) < 4.78 is 0. The van der Waals surface area contributed by atoms with Crippen LogP contribution in [0.3, 0.4) is 0 Å². The lowest BCUT2D eigenvalue weighted by Gasteiger charge is -2.45. The summed E-state index contributed by atoms with van der Waals surface area (Å²) in [6, 6.07) is 0.456. The molecule has 3 saturated heterocycles. The van der Waals surface area contributed by atoms with Crippen molar-refractivity contribution in [2.24, 2.45) is 23.7 Å². The first-order chi connectivity index (χ1) is 9.81. The molecule has 0 aromatic heterocycles. The Morgan fingerprint density at radius 2 is 1.70 bits per heavy atom. The number of carbonyl (C=O) groups excluding carboxylic acids is 1. The van der Waals surface area contributed by atoms with Gasteiger partial charge in [-0.3, -0.25) is 4.79 Å². The second-order valence-corrected chi connectivity index (χ2v) is 7.66. The van der Waals surface area contributed by atoms with Crippen LogP contribution < -0.4 is 5.32 Å². The molecule has 5 aliphatic rings. The predicted octanol–water partition coefficient (Wildman–Crippen LogP) is 2.41. The minimum absolute atomic E-state index is 0.369. The molecule has 3 nitrogen and oxygen atoms in total. The molecule has 0 spiro atoms. The van der Waals surface area contributed by atoms with Crippen LogP contribution in [0.1, 0.15) is 51.4 Å². The van der Waals surface area contributed by atoms with Crippen LogP contribution in [0, 0.1) is 23.7 Å². The normalized spacial score (nSPS) is 44.3. The lowest BCUT2D eigenvalue weighted by Crippen LogP contribution is -2.57. The Kier molecular flexibility index (Phi) is 3.49. The Labute approximate surface area is 122 Å². The van der Waals surface area contributed by atoms with Gasteiger partial charge in [-0.15, -0.1) is 0 Å². The van der Waals surface area contributed by atoms with Crippen LogP contribution in [0.2, 0.25) is 0 Å². The minimum atomic E-state index is 0.369. The van der Waals surface area contributed by atoms with Gasteiger partial charge in [-0.25, -0.2) is 0 Å². The van der Waals surface area contributed by atoms with Crippen LogP contribution in [0.5, 0.6) is 0 Å². The van der Waals surface area contributed by atoms with E-state index in [1.807, 2.05) is 0 Å². The number of nitrogens with one attached hydrogen (secondary N) is 1. The fourth-order valence-electron chi connectivity index (χ4n) is 5.02. The van der Waals surface area contributed by atoms with Gasteiger partial charge >= 0.3 is 0 Å². The van der Waals surface area contributed by atoms with Gasteiger partial charge < -0.3 is 10.2 Å². The zero-order valence-electron chi connectivity index (χ0n) is 12.5. The van der Waals surface area contributed by atoms with Crippen LogP contribution >= 0.6 is 0 Å². The standard InChI is InChI=1S/C17H28N2O/c20-17(15-10-14(15)12-4-2-1-3-5-12)18-16-11-19-8-6-13(16)7-9-19/h12-16H,1-11H2,(H,18,20). The quantitative estimate of drug-likeness (QED) is 0.858. The lowest BCUT2D eigenvalue weighted by molar-refractivity contribution is -0.124. The second kappa shape index (κ2) is 5.32. The van der Waals surface area contributed by atoms with Crippen LogP contribution in [-0.4, -0.2) is 36.5 Å². The minimum Gasteiger partial charge on any atom is -0.352 e. The second-order valence-electron chi connectivity index (χ2n) is 7.66. The molecule has 0 radical (unpaired) electrons. The van der Waals surface area contributed by atoms with Gasteiger partial charge in [0.2, 0.25) is 5.91 Å². The molecule has 2 bridgehead atoms. The van der Waals surface area contributed by atoms with E-state index in [4.69, 9.17) is 0 Å². The van der Waals surface area contributed by atoms with Crippen molar-refractivity contribution < 1.29 is 4.79 Å². The molecule has 2 saturated carbocycles. The highest BCUT2D eigenvalue weighted by atomic mass is 16.2. The Morgan fingerprint density at radius 3 is 2.35 bits per heavy atom. The lowest BCUT2D eigenvalue weighted by atomic mass is 9.83. The van der Waals surface area contributed by atoms with Crippen molar-refractivity contribution >= 4 is 5.91 Å². The maximum absolute atomic E-state index is 12.5. The average Bonchev–Trinajstić information content (AvgIpc) is 3.30. The highest BCUT2D eigenvalue weighted by Crippen LogP contribution is 2.49. The predicted molar refractivity (Wildman–Crippen MR) is 79.3 cm³/mol. The number of rotatable bonds is 3. The SMILES string of the molecule is O=C(NC1CN2CCC1CC2)C1CC1C1CCCCC1. The van der Waals surface area contributed by atoms with Gasteiger partial charge in [0.15, 0.2) is 0 Å². The van der Waals surface area contributed by atoms with E-state index in [2.05, 4.69) is 10.2 Å². The number of amides is 1. The zero-order chi connectivity index (χ0) is 13.5. The van der Waals surface area contributed by atoms with Crippen molar-refractivity contribution in [1.29, 1.82) is 0 Å². The summed E-state index contributed by atoms with van der Waals surface area (Å²) in [5.74, 6) is 3.12. The van der Waals surface area contributed by atoms with Gasteiger partial charge in [-0.05, 0) is 50.1 Å². The van der Waals surface area contributed by atoms with Crippen molar-refractivity contribution in [3.05, 3.63) is 0 Å². The van der Waals surface area contributed by atoms with Crippen LogP contribution in [0.25, 0.3) is 0 Å². The fraction of sp³-hybridized carbons (Fsp3) is 0.941.